The first-order chi connectivity index (χ1) is 3.91. The molecule has 0 heterocycles. The van der Waals surface area contributed by atoms with Crippen LogP contribution >= 0.6 is 0 Å². The van der Waals surface area contributed by atoms with Crippen molar-refractivity contribution in [2.45, 2.75) is 13.3 Å². The normalized spacial score (nSPS) is 11.1. The van der Waals surface area contributed by atoms with E-state index in [-0.39, 0.29) is 0 Å². The quantitative estimate of drug-likeness (QED) is 0.389. The molecule has 0 spiro atoms. The smallest absolute Gasteiger partial charge is 0.0226 e. The summed E-state index contributed by atoms with van der Waals surface area (Å²) in [5.41, 5.74) is 0. The summed E-state index contributed by atoms with van der Waals surface area (Å²) in [5.74, 6) is 0. The third kappa shape index (κ3) is 5.15. The fraction of sp³-hybridized carbons (Fsp3) is 0.286. The van der Waals surface area contributed by atoms with Crippen molar-refractivity contribution in [3.63, 3.8) is 0 Å². The lowest BCUT2D eigenvalue weighted by Crippen LogP contribution is -1.55. The highest BCUT2D eigenvalue weighted by atomic mass is 14.6. The van der Waals surface area contributed by atoms with Crippen molar-refractivity contribution in [2.24, 2.45) is 4.99 Å². The van der Waals surface area contributed by atoms with Crippen LogP contribution in [-0.2, 0) is 0 Å². The molecule has 44 valence electrons. The zero-order valence-electron chi connectivity index (χ0n) is 5.17. The fourth-order valence-corrected chi connectivity index (χ4v) is 0.304. The van der Waals surface area contributed by atoms with Crippen LogP contribution in [0.25, 0.3) is 0 Å². The summed E-state index contributed by atoms with van der Waals surface area (Å²) in [6, 6.07) is 0. The van der Waals surface area contributed by atoms with Crippen LogP contribution in [0, 0.1) is 0 Å². The number of rotatable bonds is 3. The van der Waals surface area contributed by atoms with E-state index in [1.165, 1.54) is 0 Å². The van der Waals surface area contributed by atoms with Crippen LogP contribution in [-0.4, -0.2) is 6.21 Å². The van der Waals surface area contributed by atoms with E-state index in [9.17, 15) is 0 Å². The van der Waals surface area contributed by atoms with Gasteiger partial charge in [-0.05, 0) is 13.3 Å². The van der Waals surface area contributed by atoms with Crippen LogP contribution in [0.3, 0.4) is 0 Å². The van der Waals surface area contributed by atoms with Crippen molar-refractivity contribution in [2.75, 3.05) is 0 Å². The SMILES string of the molecule is C=CC/C=C\N=CC. The summed E-state index contributed by atoms with van der Waals surface area (Å²) in [5, 5.41) is 0. The minimum atomic E-state index is 0.900. The van der Waals surface area contributed by atoms with Gasteiger partial charge in [-0.1, -0.05) is 12.2 Å². The first-order valence-electron chi connectivity index (χ1n) is 2.65. The molecule has 0 fully saturated rings. The number of hydrogen-bond donors (Lipinski definition) is 0. The Hall–Kier alpha value is -0.850. The molecule has 0 amide bonds. The van der Waals surface area contributed by atoms with Gasteiger partial charge >= 0.3 is 0 Å². The first kappa shape index (κ1) is 7.15. The molecule has 0 aliphatic rings. The topological polar surface area (TPSA) is 12.4 Å². The van der Waals surface area contributed by atoms with Gasteiger partial charge < -0.3 is 0 Å². The minimum absolute atomic E-state index is 0.900. The summed E-state index contributed by atoms with van der Waals surface area (Å²) in [7, 11) is 0. The van der Waals surface area contributed by atoms with E-state index in [4.69, 9.17) is 0 Å². The maximum absolute atomic E-state index is 3.86. The van der Waals surface area contributed by atoms with Gasteiger partial charge in [-0.2, -0.15) is 0 Å². The Morgan fingerprint density at radius 2 is 2.38 bits per heavy atom. The number of allylic oxidation sites excluding steroid dienone is 2. The Kier molecular flexibility index (Phi) is 5.50. The van der Waals surface area contributed by atoms with Crippen LogP contribution in [0.2, 0.25) is 0 Å². The molecule has 0 unspecified atom stereocenters. The second kappa shape index (κ2) is 6.15. The molecule has 0 radical (unpaired) electrons. The molecule has 8 heavy (non-hydrogen) atoms. The van der Waals surface area contributed by atoms with Crippen LogP contribution < -0.4 is 0 Å². The van der Waals surface area contributed by atoms with E-state index >= 15 is 0 Å². The lowest BCUT2D eigenvalue weighted by atomic mass is 10.4. The minimum Gasteiger partial charge on any atom is -0.270 e. The van der Waals surface area contributed by atoms with Gasteiger partial charge in [-0.15, -0.1) is 6.58 Å². The molecule has 0 N–H and O–H groups in total. The third-order valence-corrected chi connectivity index (χ3v) is 0.643. The Morgan fingerprint density at radius 3 is 2.88 bits per heavy atom. The average molecular weight is 109 g/mol. The molecule has 0 saturated carbocycles. The van der Waals surface area contributed by atoms with E-state index in [0.717, 1.165) is 6.42 Å². The number of aliphatic imine (C=N–C) groups is 1. The molecule has 0 atom stereocenters. The summed E-state index contributed by atoms with van der Waals surface area (Å²) < 4.78 is 0. The Morgan fingerprint density at radius 1 is 1.62 bits per heavy atom. The molecule has 0 aromatic carbocycles. The maximum atomic E-state index is 3.86. The predicted molar refractivity (Wildman–Crippen MR) is 38.1 cm³/mol. The lowest BCUT2D eigenvalue weighted by Gasteiger charge is -1.73. The van der Waals surface area contributed by atoms with Crippen LogP contribution in [0.4, 0.5) is 0 Å². The van der Waals surface area contributed by atoms with E-state index in [2.05, 4.69) is 11.6 Å². The molecule has 0 rings (SSSR count). The largest absolute Gasteiger partial charge is 0.270 e. The van der Waals surface area contributed by atoms with Gasteiger partial charge in [0.25, 0.3) is 0 Å². The lowest BCUT2D eigenvalue weighted by molar-refractivity contribution is 1.37. The van der Waals surface area contributed by atoms with Crippen molar-refractivity contribution in [1.29, 1.82) is 0 Å². The van der Waals surface area contributed by atoms with E-state index in [0.29, 0.717) is 0 Å². The average Bonchev–Trinajstić information content (AvgIpc) is 1.81. The Balaban J connectivity index is 3.19. The maximum Gasteiger partial charge on any atom is 0.0226 e. The second-order valence-electron chi connectivity index (χ2n) is 1.32. The standard InChI is InChI=1S/C7H11N/c1-3-5-6-7-8-4-2/h3-4,6-7H,1,5H2,2H3/b7-6-,8-4?. The van der Waals surface area contributed by atoms with Gasteiger partial charge in [0.05, 0.1) is 0 Å². The molecule has 1 nitrogen and oxygen atoms in total. The van der Waals surface area contributed by atoms with Crippen LogP contribution in [0.15, 0.2) is 29.9 Å². The van der Waals surface area contributed by atoms with Crippen molar-refractivity contribution in [1.82, 2.24) is 0 Å². The zero-order chi connectivity index (χ0) is 6.24. The highest BCUT2D eigenvalue weighted by Gasteiger charge is 1.61. The highest BCUT2D eigenvalue weighted by molar-refractivity contribution is 5.54. The first-order valence-corrected chi connectivity index (χ1v) is 2.65. The Labute approximate surface area is 50.4 Å². The molecule has 0 aromatic heterocycles. The number of nitrogens with zero attached hydrogens (tertiary/aromatic N) is 1. The van der Waals surface area contributed by atoms with Crippen molar-refractivity contribution in [3.05, 3.63) is 24.9 Å². The summed E-state index contributed by atoms with van der Waals surface area (Å²) in [4.78, 5) is 3.86. The molecule has 0 aliphatic heterocycles. The van der Waals surface area contributed by atoms with E-state index < -0.39 is 0 Å². The van der Waals surface area contributed by atoms with Gasteiger partial charge in [-0.3, -0.25) is 4.99 Å². The molecular weight excluding hydrogens is 98.1 g/mol. The summed E-state index contributed by atoms with van der Waals surface area (Å²) in [6.07, 6.45) is 8.20. The summed E-state index contributed by atoms with van der Waals surface area (Å²) in [6.45, 7) is 5.44. The molecule has 1 heteroatoms. The van der Waals surface area contributed by atoms with Gasteiger partial charge in [-0.25, -0.2) is 0 Å². The third-order valence-electron chi connectivity index (χ3n) is 0.643. The van der Waals surface area contributed by atoms with Crippen molar-refractivity contribution in [3.8, 4) is 0 Å². The summed E-state index contributed by atoms with van der Waals surface area (Å²) >= 11 is 0. The van der Waals surface area contributed by atoms with E-state index in [1.807, 2.05) is 19.1 Å². The molecule has 0 aliphatic carbocycles. The van der Waals surface area contributed by atoms with Gasteiger partial charge in [0, 0.05) is 12.4 Å². The number of hydrogen-bond acceptors (Lipinski definition) is 1. The predicted octanol–water partition coefficient (Wildman–Crippen LogP) is 2.17. The highest BCUT2D eigenvalue weighted by Crippen LogP contribution is 1.81. The van der Waals surface area contributed by atoms with Gasteiger partial charge in [0.2, 0.25) is 0 Å². The fourth-order valence-electron chi connectivity index (χ4n) is 0.304. The molecule has 0 saturated heterocycles. The van der Waals surface area contributed by atoms with Crippen LogP contribution in [0.5, 0.6) is 0 Å². The van der Waals surface area contributed by atoms with Gasteiger partial charge in [0.1, 0.15) is 0 Å². The van der Waals surface area contributed by atoms with Crippen molar-refractivity contribution >= 4 is 6.21 Å². The zero-order valence-corrected chi connectivity index (χ0v) is 5.17. The second-order valence-corrected chi connectivity index (χ2v) is 1.32. The van der Waals surface area contributed by atoms with Crippen molar-refractivity contribution < 1.29 is 0 Å². The monoisotopic (exact) mass is 109 g/mol. The molecular formula is C7H11N. The molecule has 0 bridgehead atoms. The van der Waals surface area contributed by atoms with Gasteiger partial charge in [0.15, 0.2) is 0 Å². The van der Waals surface area contributed by atoms with Crippen LogP contribution in [0.1, 0.15) is 13.3 Å². The van der Waals surface area contributed by atoms with E-state index in [1.54, 1.807) is 12.4 Å². The molecule has 0 aromatic rings. The Bertz CT molecular complexity index is 101.